The highest BCUT2D eigenvalue weighted by Crippen LogP contribution is 2.51. The number of aryl methyl sites for hydroxylation is 1. The zero-order chi connectivity index (χ0) is 23.3. The molecule has 2 aliphatic rings. The summed E-state index contributed by atoms with van der Waals surface area (Å²) in [6.07, 6.45) is 1.48. The molecule has 7 nitrogen and oxygen atoms in total. The Hall–Kier alpha value is -1.42. The molecule has 0 aliphatic carbocycles. The fourth-order valence-electron chi connectivity index (χ4n) is 4.09. The molecule has 1 amide bonds. The molecule has 0 aromatic heterocycles. The van der Waals surface area contributed by atoms with E-state index in [1.807, 2.05) is 12.1 Å². The van der Waals surface area contributed by atoms with Crippen LogP contribution in [0.4, 0.5) is 0 Å². The quantitative estimate of drug-likeness (QED) is 0.499. The highest BCUT2D eigenvalue weighted by atomic mass is 35.5. The van der Waals surface area contributed by atoms with Crippen LogP contribution in [-0.2, 0) is 25.5 Å². The number of nitrogens with one attached hydrogen (secondary N) is 1. The van der Waals surface area contributed by atoms with Gasteiger partial charge < -0.3 is 14.7 Å². The van der Waals surface area contributed by atoms with Crippen LogP contribution in [0.25, 0.3) is 0 Å². The van der Waals surface area contributed by atoms with Gasteiger partial charge in [-0.15, -0.1) is 23.5 Å². The zero-order valence-corrected chi connectivity index (χ0v) is 20.6. The van der Waals surface area contributed by atoms with Crippen molar-refractivity contribution >= 4 is 53.0 Å². The molecule has 2 aliphatic heterocycles. The number of ether oxygens (including phenoxy) is 1. The Bertz CT molecular complexity index is 832. The van der Waals surface area contributed by atoms with Crippen LogP contribution >= 0.6 is 35.1 Å². The van der Waals surface area contributed by atoms with Gasteiger partial charge in [0.1, 0.15) is 12.1 Å². The molecular weight excluding hydrogens is 472 g/mol. The third-order valence-corrected chi connectivity index (χ3v) is 9.38. The number of hydrogen-bond acceptors (Lipinski definition) is 7. The van der Waals surface area contributed by atoms with Gasteiger partial charge in [-0.3, -0.25) is 14.9 Å². The molecule has 1 spiro atoms. The van der Waals surface area contributed by atoms with Gasteiger partial charge in [0.05, 0.1) is 16.7 Å². The Labute approximate surface area is 202 Å². The van der Waals surface area contributed by atoms with E-state index in [1.165, 1.54) is 4.90 Å². The normalized spacial score (nSPS) is 21.5. The SMILES string of the molecule is CCOC(=O)C(CCc1ccc(Cl)cc1)N[C@@H](C)C(=O)N1CC2(CC1C(=O)O)SCCS2. The van der Waals surface area contributed by atoms with Crippen molar-refractivity contribution in [1.29, 1.82) is 0 Å². The fraction of sp³-hybridized carbons (Fsp3) is 0.591. The molecule has 2 fully saturated rings. The maximum absolute atomic E-state index is 13.2. The second-order valence-electron chi connectivity index (χ2n) is 7.99. The van der Waals surface area contributed by atoms with Gasteiger partial charge in [-0.05, 0) is 44.4 Å². The Morgan fingerprint density at radius 3 is 2.53 bits per heavy atom. The standard InChI is InChI=1S/C22H29ClN2O5S2/c1-3-30-21(29)17(9-6-15-4-7-16(23)8-5-15)24-14(2)19(26)25-13-22(31-10-11-32-22)12-18(25)20(27)28/h4-5,7-8,14,17-18,24H,3,6,9-13H2,1-2H3,(H,27,28)/t14-,17?,18?/m0/s1. The summed E-state index contributed by atoms with van der Waals surface area (Å²) in [4.78, 5) is 39.1. The summed E-state index contributed by atoms with van der Waals surface area (Å²) in [5.41, 5.74) is 1.02. The number of carboxylic acid groups (broad SMARTS) is 1. The Balaban J connectivity index is 1.67. The average Bonchev–Trinajstić information content (AvgIpc) is 3.38. The van der Waals surface area contributed by atoms with E-state index < -0.39 is 30.1 Å². The fourth-order valence-corrected chi connectivity index (χ4v) is 7.48. The minimum atomic E-state index is -0.986. The van der Waals surface area contributed by atoms with Crippen LogP contribution < -0.4 is 5.32 Å². The molecule has 0 bridgehead atoms. The van der Waals surface area contributed by atoms with Crippen molar-refractivity contribution in [1.82, 2.24) is 10.2 Å². The maximum Gasteiger partial charge on any atom is 0.326 e. The van der Waals surface area contributed by atoms with E-state index in [2.05, 4.69) is 5.32 Å². The third-order valence-electron chi connectivity index (χ3n) is 5.70. The van der Waals surface area contributed by atoms with Crippen LogP contribution in [0.3, 0.4) is 0 Å². The first-order valence-corrected chi connectivity index (χ1v) is 13.1. The molecule has 0 radical (unpaired) electrons. The molecule has 0 saturated carbocycles. The molecule has 2 heterocycles. The van der Waals surface area contributed by atoms with Crippen LogP contribution in [-0.4, -0.2) is 74.7 Å². The largest absolute Gasteiger partial charge is 0.480 e. The van der Waals surface area contributed by atoms with E-state index >= 15 is 0 Å². The number of carboxylic acids is 1. The molecule has 2 unspecified atom stereocenters. The van der Waals surface area contributed by atoms with Crippen LogP contribution in [0.5, 0.6) is 0 Å². The van der Waals surface area contributed by atoms with Crippen molar-refractivity contribution in [2.45, 2.75) is 55.3 Å². The molecule has 2 saturated heterocycles. The number of likely N-dealkylation sites (tertiary alicyclic amines) is 1. The molecule has 32 heavy (non-hydrogen) atoms. The number of hydrogen-bond donors (Lipinski definition) is 2. The van der Waals surface area contributed by atoms with Gasteiger partial charge in [0.15, 0.2) is 0 Å². The van der Waals surface area contributed by atoms with Crippen LogP contribution in [0, 0.1) is 0 Å². The molecule has 3 rings (SSSR count). The molecule has 3 atom stereocenters. The number of carbonyl (C=O) groups is 3. The highest BCUT2D eigenvalue weighted by Gasteiger charge is 2.52. The Kier molecular flexibility index (Phi) is 8.77. The van der Waals surface area contributed by atoms with Crippen LogP contribution in [0.1, 0.15) is 32.3 Å². The van der Waals surface area contributed by atoms with Gasteiger partial charge in [-0.25, -0.2) is 4.79 Å². The summed E-state index contributed by atoms with van der Waals surface area (Å²) in [5, 5.41) is 13.5. The first-order chi connectivity index (χ1) is 15.2. The number of amides is 1. The summed E-state index contributed by atoms with van der Waals surface area (Å²) in [6, 6.07) is 5.14. The summed E-state index contributed by atoms with van der Waals surface area (Å²) in [7, 11) is 0. The zero-order valence-electron chi connectivity index (χ0n) is 18.2. The topological polar surface area (TPSA) is 95.9 Å². The monoisotopic (exact) mass is 500 g/mol. The van der Waals surface area contributed by atoms with E-state index in [0.29, 0.717) is 30.8 Å². The van der Waals surface area contributed by atoms with E-state index in [-0.39, 0.29) is 16.6 Å². The predicted molar refractivity (Wildman–Crippen MR) is 128 cm³/mol. The molecule has 1 aromatic rings. The average molecular weight is 501 g/mol. The van der Waals surface area contributed by atoms with E-state index in [4.69, 9.17) is 16.3 Å². The number of benzene rings is 1. The smallest absolute Gasteiger partial charge is 0.326 e. The predicted octanol–water partition coefficient (Wildman–Crippen LogP) is 3.04. The van der Waals surface area contributed by atoms with Gasteiger partial charge in [-0.1, -0.05) is 23.7 Å². The van der Waals surface area contributed by atoms with Gasteiger partial charge in [0.25, 0.3) is 0 Å². The van der Waals surface area contributed by atoms with Crippen molar-refractivity contribution in [3.63, 3.8) is 0 Å². The third kappa shape index (κ3) is 6.12. The van der Waals surface area contributed by atoms with Crippen molar-refractivity contribution in [3.05, 3.63) is 34.9 Å². The number of halogens is 1. The summed E-state index contributed by atoms with van der Waals surface area (Å²) in [6.45, 7) is 4.06. The second kappa shape index (κ2) is 11.1. The Morgan fingerprint density at radius 1 is 1.28 bits per heavy atom. The lowest BCUT2D eigenvalue weighted by Crippen LogP contribution is -2.53. The van der Waals surface area contributed by atoms with E-state index in [1.54, 1.807) is 49.5 Å². The summed E-state index contributed by atoms with van der Waals surface area (Å²) in [5.74, 6) is 0.212. The first kappa shape index (κ1) is 25.2. The van der Waals surface area contributed by atoms with Crippen molar-refractivity contribution in [2.75, 3.05) is 24.7 Å². The van der Waals surface area contributed by atoms with Gasteiger partial charge in [0.2, 0.25) is 5.91 Å². The Morgan fingerprint density at radius 2 is 1.94 bits per heavy atom. The van der Waals surface area contributed by atoms with Crippen LogP contribution in [0.15, 0.2) is 24.3 Å². The van der Waals surface area contributed by atoms with Crippen LogP contribution in [0.2, 0.25) is 5.02 Å². The summed E-state index contributed by atoms with van der Waals surface area (Å²) >= 11 is 9.42. The van der Waals surface area contributed by atoms with Crippen molar-refractivity contribution in [2.24, 2.45) is 0 Å². The van der Waals surface area contributed by atoms with E-state index in [0.717, 1.165) is 17.1 Å². The lowest BCUT2D eigenvalue weighted by atomic mass is 10.0. The van der Waals surface area contributed by atoms with Gasteiger partial charge >= 0.3 is 11.9 Å². The van der Waals surface area contributed by atoms with Gasteiger partial charge in [0, 0.05) is 29.5 Å². The molecule has 10 heteroatoms. The van der Waals surface area contributed by atoms with Crippen molar-refractivity contribution < 1.29 is 24.2 Å². The lowest BCUT2D eigenvalue weighted by molar-refractivity contribution is -0.150. The van der Waals surface area contributed by atoms with Crippen molar-refractivity contribution in [3.8, 4) is 0 Å². The minimum absolute atomic E-state index is 0.241. The number of thioether (sulfide) groups is 2. The van der Waals surface area contributed by atoms with E-state index in [9.17, 15) is 19.5 Å². The maximum atomic E-state index is 13.2. The lowest BCUT2D eigenvalue weighted by Gasteiger charge is -2.28. The number of esters is 1. The first-order valence-electron chi connectivity index (χ1n) is 10.7. The number of nitrogens with zero attached hydrogens (tertiary/aromatic N) is 1. The molecule has 176 valence electrons. The number of aliphatic carboxylic acids is 1. The van der Waals surface area contributed by atoms with Gasteiger partial charge in [-0.2, -0.15) is 0 Å². The number of rotatable bonds is 9. The summed E-state index contributed by atoms with van der Waals surface area (Å²) < 4.78 is 4.96. The molecule has 1 aromatic carbocycles. The number of carbonyl (C=O) groups excluding carboxylic acids is 2. The highest BCUT2D eigenvalue weighted by molar-refractivity contribution is 8.21. The molecule has 2 N–H and O–H groups in total. The molecular formula is C22H29ClN2O5S2. The minimum Gasteiger partial charge on any atom is -0.480 e. The second-order valence-corrected chi connectivity index (χ2v) is 11.6.